The third-order valence-electron chi connectivity index (χ3n) is 3.45. The predicted molar refractivity (Wildman–Crippen MR) is 80.8 cm³/mol. The van der Waals surface area contributed by atoms with Gasteiger partial charge in [-0.1, -0.05) is 6.07 Å². The highest BCUT2D eigenvalue weighted by atomic mass is 19.3. The minimum Gasteiger partial charge on any atom is -0.322 e. The number of aromatic nitrogens is 1. The molecule has 0 aliphatic carbocycles. The van der Waals surface area contributed by atoms with E-state index in [0.717, 1.165) is 30.7 Å². The van der Waals surface area contributed by atoms with Gasteiger partial charge in [-0.25, -0.2) is 19.0 Å². The van der Waals surface area contributed by atoms with E-state index in [1.165, 1.54) is 0 Å². The fraction of sp³-hybridized carbons (Fsp3) is 0.200. The normalized spacial score (nSPS) is 13.2. The molecule has 10 heteroatoms. The van der Waals surface area contributed by atoms with Gasteiger partial charge < -0.3 is 5.84 Å². The minimum atomic E-state index is -3.82. The molecule has 0 aliphatic heterocycles. The summed E-state index contributed by atoms with van der Waals surface area (Å²) in [6.45, 7) is -0.644. The van der Waals surface area contributed by atoms with E-state index in [-0.39, 0.29) is 0 Å². The summed E-state index contributed by atoms with van der Waals surface area (Å²) in [6, 6.07) is 3.60. The van der Waals surface area contributed by atoms with Crippen LogP contribution in [0.25, 0.3) is 0 Å². The van der Waals surface area contributed by atoms with Crippen molar-refractivity contribution in [2.75, 3.05) is 6.54 Å². The zero-order valence-corrected chi connectivity index (χ0v) is 12.7. The van der Waals surface area contributed by atoms with Gasteiger partial charge in [0.25, 0.3) is 5.92 Å². The molecule has 4 N–H and O–H groups in total. The molecule has 1 unspecified atom stereocenters. The molecule has 5 nitrogen and oxygen atoms in total. The summed E-state index contributed by atoms with van der Waals surface area (Å²) in [6.07, 6.45) is 1.71. The minimum absolute atomic E-state index is 0.468. The predicted octanol–water partition coefficient (Wildman–Crippen LogP) is 2.45. The molecule has 25 heavy (non-hydrogen) atoms. The van der Waals surface area contributed by atoms with E-state index in [0.29, 0.717) is 17.1 Å². The molecule has 0 spiro atoms. The van der Waals surface area contributed by atoms with Crippen molar-refractivity contribution < 1.29 is 22.0 Å². The fourth-order valence-corrected chi connectivity index (χ4v) is 2.30. The number of benzene rings is 1. The van der Waals surface area contributed by atoms with Crippen LogP contribution in [-0.2, 0) is 5.92 Å². The lowest BCUT2D eigenvalue weighted by atomic mass is 9.89. The SMILES string of the molecule is N/N=C\N(N)CC(c1ccc(F)cc1F)C(F)(F)c1cc(F)ccn1. The van der Waals surface area contributed by atoms with Gasteiger partial charge in [0.05, 0.1) is 5.92 Å². The summed E-state index contributed by atoms with van der Waals surface area (Å²) < 4.78 is 70.3. The number of pyridine rings is 1. The topological polar surface area (TPSA) is 80.5 Å². The van der Waals surface area contributed by atoms with Gasteiger partial charge in [0.1, 0.15) is 29.5 Å². The number of hydrogen-bond acceptors (Lipinski definition) is 4. The van der Waals surface area contributed by atoms with E-state index in [2.05, 4.69) is 10.1 Å². The molecular weight excluding hydrogens is 345 g/mol. The van der Waals surface area contributed by atoms with Crippen molar-refractivity contribution in [3.8, 4) is 0 Å². The van der Waals surface area contributed by atoms with Crippen LogP contribution in [0.2, 0.25) is 0 Å². The zero-order valence-electron chi connectivity index (χ0n) is 12.7. The molecular formula is C15H14F5N5. The van der Waals surface area contributed by atoms with Crippen LogP contribution >= 0.6 is 0 Å². The molecule has 0 radical (unpaired) electrons. The van der Waals surface area contributed by atoms with Crippen molar-refractivity contribution in [3.05, 3.63) is 65.2 Å². The highest BCUT2D eigenvalue weighted by Gasteiger charge is 2.45. The molecule has 0 fully saturated rings. The van der Waals surface area contributed by atoms with Gasteiger partial charge in [-0.05, 0) is 17.7 Å². The molecule has 0 bridgehead atoms. The van der Waals surface area contributed by atoms with Gasteiger partial charge in [0.15, 0.2) is 0 Å². The number of hydrazone groups is 1. The van der Waals surface area contributed by atoms with Crippen LogP contribution in [-0.4, -0.2) is 22.9 Å². The lowest BCUT2D eigenvalue weighted by molar-refractivity contribution is -0.0446. The summed E-state index contributed by atoms with van der Waals surface area (Å²) in [5.41, 5.74) is -1.43. The van der Waals surface area contributed by atoms with E-state index in [9.17, 15) is 22.0 Å². The average Bonchev–Trinajstić information content (AvgIpc) is 2.53. The Labute approximate surface area is 139 Å². The van der Waals surface area contributed by atoms with Gasteiger partial charge in [-0.15, -0.1) is 0 Å². The second-order valence-corrected chi connectivity index (χ2v) is 5.16. The van der Waals surface area contributed by atoms with Crippen LogP contribution < -0.4 is 11.7 Å². The molecule has 1 aromatic heterocycles. The monoisotopic (exact) mass is 359 g/mol. The number of halogens is 5. The number of rotatable bonds is 6. The second kappa shape index (κ2) is 7.43. The number of nitrogens with two attached hydrogens (primary N) is 2. The van der Waals surface area contributed by atoms with Crippen LogP contribution in [0.1, 0.15) is 17.2 Å². The molecule has 0 amide bonds. The highest BCUT2D eigenvalue weighted by Crippen LogP contribution is 2.42. The Morgan fingerprint density at radius 1 is 1.16 bits per heavy atom. The molecule has 1 atom stereocenters. The van der Waals surface area contributed by atoms with Gasteiger partial charge in [-0.3, -0.25) is 9.99 Å². The Bertz CT molecular complexity index is 768. The molecule has 0 saturated carbocycles. The van der Waals surface area contributed by atoms with Gasteiger partial charge in [0.2, 0.25) is 0 Å². The maximum Gasteiger partial charge on any atom is 0.298 e. The Morgan fingerprint density at radius 2 is 1.84 bits per heavy atom. The quantitative estimate of drug-likeness (QED) is 0.273. The first-order chi connectivity index (χ1) is 11.8. The molecule has 1 aromatic carbocycles. The number of hydrogen-bond donors (Lipinski definition) is 2. The van der Waals surface area contributed by atoms with Crippen LogP contribution in [0.15, 0.2) is 41.6 Å². The molecule has 134 valence electrons. The van der Waals surface area contributed by atoms with Gasteiger partial charge in [-0.2, -0.15) is 13.9 Å². The van der Waals surface area contributed by atoms with E-state index in [1.54, 1.807) is 0 Å². The lowest BCUT2D eigenvalue weighted by Gasteiger charge is -2.29. The summed E-state index contributed by atoms with van der Waals surface area (Å²) >= 11 is 0. The Balaban J connectivity index is 2.53. The summed E-state index contributed by atoms with van der Waals surface area (Å²) in [7, 11) is 0. The van der Waals surface area contributed by atoms with Crippen LogP contribution in [0.5, 0.6) is 0 Å². The first-order valence-electron chi connectivity index (χ1n) is 6.95. The Morgan fingerprint density at radius 3 is 2.44 bits per heavy atom. The first kappa shape index (κ1) is 18.6. The lowest BCUT2D eigenvalue weighted by Crippen LogP contribution is -2.40. The Kier molecular flexibility index (Phi) is 5.52. The van der Waals surface area contributed by atoms with Crippen molar-refractivity contribution in [2.24, 2.45) is 16.8 Å². The third-order valence-corrected chi connectivity index (χ3v) is 3.45. The standard InChI is InChI=1S/C15H14F5N5/c16-9-1-2-11(13(18)5-9)12(7-25(22)8-24-21)15(19,20)14-6-10(17)3-4-23-14/h1-6,8,12H,7,21-22H2/b24-8-. The summed E-state index contributed by atoms with van der Waals surface area (Å²) in [4.78, 5) is 3.45. The van der Waals surface area contributed by atoms with Crippen LogP contribution in [0, 0.1) is 17.5 Å². The molecule has 1 heterocycles. The maximum absolute atomic E-state index is 14.9. The second-order valence-electron chi connectivity index (χ2n) is 5.16. The first-order valence-corrected chi connectivity index (χ1v) is 6.95. The molecule has 2 rings (SSSR count). The molecule has 2 aromatic rings. The number of hydrazine groups is 1. The number of nitrogens with zero attached hydrogens (tertiary/aromatic N) is 3. The summed E-state index contributed by atoms with van der Waals surface area (Å²) in [5.74, 6) is 1.61. The highest BCUT2D eigenvalue weighted by molar-refractivity contribution is 5.53. The van der Waals surface area contributed by atoms with E-state index in [4.69, 9.17) is 11.7 Å². The Hall–Kier alpha value is -2.75. The van der Waals surface area contributed by atoms with Gasteiger partial charge in [0, 0.05) is 24.9 Å². The van der Waals surface area contributed by atoms with Crippen molar-refractivity contribution in [2.45, 2.75) is 11.8 Å². The van der Waals surface area contributed by atoms with Crippen LogP contribution in [0.4, 0.5) is 22.0 Å². The van der Waals surface area contributed by atoms with Crippen molar-refractivity contribution in [1.29, 1.82) is 0 Å². The summed E-state index contributed by atoms with van der Waals surface area (Å²) in [5, 5.41) is 3.80. The van der Waals surface area contributed by atoms with E-state index in [1.807, 2.05) is 0 Å². The fourth-order valence-electron chi connectivity index (χ4n) is 2.30. The number of alkyl halides is 2. The smallest absolute Gasteiger partial charge is 0.298 e. The van der Waals surface area contributed by atoms with Gasteiger partial charge >= 0.3 is 0 Å². The maximum atomic E-state index is 14.9. The van der Waals surface area contributed by atoms with Crippen molar-refractivity contribution >= 4 is 6.34 Å². The zero-order chi connectivity index (χ0) is 18.6. The average molecular weight is 359 g/mol. The molecule has 0 aliphatic rings. The largest absolute Gasteiger partial charge is 0.322 e. The van der Waals surface area contributed by atoms with Crippen molar-refractivity contribution in [1.82, 2.24) is 9.99 Å². The van der Waals surface area contributed by atoms with E-state index < -0.39 is 47.1 Å². The van der Waals surface area contributed by atoms with Crippen LogP contribution in [0.3, 0.4) is 0 Å². The van der Waals surface area contributed by atoms with E-state index >= 15 is 0 Å². The third kappa shape index (κ3) is 4.21. The molecule has 0 saturated heterocycles. The van der Waals surface area contributed by atoms with Crippen molar-refractivity contribution in [3.63, 3.8) is 0 Å².